The minimum atomic E-state index is -3.89. The van der Waals surface area contributed by atoms with Crippen molar-refractivity contribution in [3.05, 3.63) is 30.3 Å². The van der Waals surface area contributed by atoms with Crippen molar-refractivity contribution in [2.24, 2.45) is 5.14 Å². The molecule has 32 heavy (non-hydrogen) atoms. The highest BCUT2D eigenvalue weighted by atomic mass is 32.2. The Hall–Kier alpha value is -1.56. The zero-order chi connectivity index (χ0) is 23.4. The molecular formula is C19H30N5O5PS2. The highest BCUT2D eigenvalue weighted by Crippen LogP contribution is 2.42. The van der Waals surface area contributed by atoms with Gasteiger partial charge in [0.2, 0.25) is 20.0 Å². The zero-order valence-electron chi connectivity index (χ0n) is 18.0. The predicted octanol–water partition coefficient (Wildman–Crippen LogP) is 0.912. The van der Waals surface area contributed by atoms with Gasteiger partial charge < -0.3 is 14.8 Å². The van der Waals surface area contributed by atoms with Gasteiger partial charge in [-0.25, -0.2) is 31.7 Å². The van der Waals surface area contributed by atoms with Crippen LogP contribution in [0.3, 0.4) is 0 Å². The second kappa shape index (κ2) is 10.1. The number of fused-ring (bicyclic) bond motifs is 1. The van der Waals surface area contributed by atoms with Crippen molar-refractivity contribution in [3.63, 3.8) is 0 Å². The highest BCUT2D eigenvalue weighted by molar-refractivity contribution is 7.89. The van der Waals surface area contributed by atoms with Crippen LogP contribution in [0.4, 0.5) is 5.82 Å². The summed E-state index contributed by atoms with van der Waals surface area (Å²) < 4.78 is 63.2. The van der Waals surface area contributed by atoms with Gasteiger partial charge in [0.25, 0.3) is 0 Å². The Morgan fingerprint density at radius 3 is 2.50 bits per heavy atom. The van der Waals surface area contributed by atoms with Gasteiger partial charge in [-0.2, -0.15) is 0 Å². The first-order chi connectivity index (χ1) is 15.0. The van der Waals surface area contributed by atoms with Crippen LogP contribution in [-0.2, 0) is 24.6 Å². The Morgan fingerprint density at radius 1 is 1.12 bits per heavy atom. The molecule has 4 N–H and O–H groups in total. The number of sulfonamides is 2. The van der Waals surface area contributed by atoms with Crippen LogP contribution in [0.5, 0.6) is 0 Å². The average Bonchev–Trinajstić information content (AvgIpc) is 2.70. The van der Waals surface area contributed by atoms with E-state index in [0.717, 1.165) is 19.6 Å². The average molecular weight is 504 g/mol. The molecule has 1 fully saturated rings. The van der Waals surface area contributed by atoms with Gasteiger partial charge in [-0.15, -0.1) is 0 Å². The van der Waals surface area contributed by atoms with Crippen molar-refractivity contribution in [1.29, 1.82) is 0 Å². The second-order valence-corrected chi connectivity index (χ2v) is 15.1. The Labute approximate surface area is 189 Å². The van der Waals surface area contributed by atoms with Gasteiger partial charge >= 0.3 is 0 Å². The number of hydrogen-bond donors (Lipinski definition) is 3. The van der Waals surface area contributed by atoms with Gasteiger partial charge in [-0.05, 0) is 31.8 Å². The molecule has 10 nitrogen and oxygen atoms in total. The van der Waals surface area contributed by atoms with Crippen LogP contribution in [0, 0.1) is 0 Å². The number of para-hydroxylation sites is 1. The molecule has 0 saturated carbocycles. The van der Waals surface area contributed by atoms with Crippen LogP contribution in [-0.4, -0.2) is 84.2 Å². The van der Waals surface area contributed by atoms with E-state index in [-0.39, 0.29) is 29.6 Å². The molecule has 0 amide bonds. The topological polar surface area (TPSA) is 152 Å². The first-order valence-electron chi connectivity index (χ1n) is 10.4. The number of primary sulfonamides is 1. The van der Waals surface area contributed by atoms with Gasteiger partial charge in [-0.3, -0.25) is 0 Å². The highest BCUT2D eigenvalue weighted by Gasteiger charge is 2.24. The van der Waals surface area contributed by atoms with Gasteiger partial charge in [0, 0.05) is 43.9 Å². The molecule has 0 bridgehead atoms. The smallest absolute Gasteiger partial charge is 0.244 e. The number of aromatic nitrogens is 1. The maximum Gasteiger partial charge on any atom is 0.244 e. The number of anilines is 1. The first-order valence-corrected chi connectivity index (χ1v) is 16.1. The minimum Gasteiger partial charge on any atom is -0.368 e. The summed E-state index contributed by atoms with van der Waals surface area (Å²) >= 11 is 0. The molecule has 3 rings (SSSR count). The molecule has 178 valence electrons. The SMILES string of the molecule is CP1(=O)CCN(CCCNS(=O)(=O)c2cc3ccccc3nc2NCCS(N)(=O)=O)CC1. The summed E-state index contributed by atoms with van der Waals surface area (Å²) in [6, 6.07) is 8.60. The summed E-state index contributed by atoms with van der Waals surface area (Å²) in [5.74, 6) is -0.274. The maximum absolute atomic E-state index is 13.0. The maximum atomic E-state index is 13.0. The van der Waals surface area contributed by atoms with Crippen molar-refractivity contribution >= 4 is 43.9 Å². The van der Waals surface area contributed by atoms with Crippen LogP contribution < -0.4 is 15.2 Å². The summed E-state index contributed by atoms with van der Waals surface area (Å²) in [6.45, 7) is 4.28. The van der Waals surface area contributed by atoms with E-state index in [9.17, 15) is 21.4 Å². The molecule has 0 atom stereocenters. The van der Waals surface area contributed by atoms with Crippen LogP contribution in [0.25, 0.3) is 10.9 Å². The van der Waals surface area contributed by atoms with Gasteiger partial charge in [0.1, 0.15) is 10.7 Å². The Morgan fingerprint density at radius 2 is 1.81 bits per heavy atom. The largest absolute Gasteiger partial charge is 0.368 e. The third-order valence-electron chi connectivity index (χ3n) is 5.38. The Bertz CT molecular complexity index is 1210. The van der Waals surface area contributed by atoms with E-state index in [1.54, 1.807) is 24.3 Å². The summed E-state index contributed by atoms with van der Waals surface area (Å²) in [7, 11) is -9.58. The van der Waals surface area contributed by atoms with E-state index in [1.807, 2.05) is 6.66 Å². The number of rotatable bonds is 10. The molecule has 2 aromatic rings. The molecule has 0 spiro atoms. The van der Waals surface area contributed by atoms with Crippen molar-refractivity contribution in [1.82, 2.24) is 14.6 Å². The molecule has 1 saturated heterocycles. The predicted molar refractivity (Wildman–Crippen MR) is 128 cm³/mol. The van der Waals surface area contributed by atoms with Crippen LogP contribution in [0.1, 0.15) is 6.42 Å². The zero-order valence-corrected chi connectivity index (χ0v) is 20.6. The first kappa shape index (κ1) is 25.1. The van der Waals surface area contributed by atoms with E-state index in [0.29, 0.717) is 29.6 Å². The molecule has 0 radical (unpaired) electrons. The van der Waals surface area contributed by atoms with Crippen molar-refractivity contribution < 1.29 is 21.4 Å². The lowest BCUT2D eigenvalue weighted by Crippen LogP contribution is -2.37. The van der Waals surface area contributed by atoms with Gasteiger partial charge in [0.05, 0.1) is 18.4 Å². The Balaban J connectivity index is 1.68. The number of nitrogens with zero attached hydrogens (tertiary/aromatic N) is 2. The normalized spacial score (nSPS) is 17.4. The van der Waals surface area contributed by atoms with Crippen molar-refractivity contribution in [3.8, 4) is 0 Å². The second-order valence-electron chi connectivity index (χ2n) is 8.16. The van der Waals surface area contributed by atoms with Crippen molar-refractivity contribution in [2.75, 3.05) is 62.8 Å². The van der Waals surface area contributed by atoms with Gasteiger partial charge in [-0.1, -0.05) is 18.2 Å². The molecule has 0 aliphatic carbocycles. The van der Waals surface area contributed by atoms with E-state index < -0.39 is 27.2 Å². The van der Waals surface area contributed by atoms with E-state index in [1.165, 1.54) is 6.07 Å². The number of nitrogens with one attached hydrogen (secondary N) is 2. The molecular weight excluding hydrogens is 473 g/mol. The van der Waals surface area contributed by atoms with Crippen molar-refractivity contribution in [2.45, 2.75) is 11.3 Å². The summed E-state index contributed by atoms with van der Waals surface area (Å²) in [4.78, 5) is 6.53. The van der Waals surface area contributed by atoms with Gasteiger partial charge in [0.15, 0.2) is 0 Å². The molecule has 13 heteroatoms. The fraction of sp³-hybridized carbons (Fsp3) is 0.526. The van der Waals surface area contributed by atoms with E-state index in [4.69, 9.17) is 5.14 Å². The third kappa shape index (κ3) is 7.23. The fourth-order valence-corrected chi connectivity index (χ4v) is 6.72. The van der Waals surface area contributed by atoms with E-state index in [2.05, 4.69) is 19.9 Å². The fourth-order valence-electron chi connectivity index (χ4n) is 3.48. The molecule has 0 unspecified atom stereocenters. The molecule has 1 aromatic heterocycles. The minimum absolute atomic E-state index is 0.0458. The quantitative estimate of drug-likeness (QED) is 0.320. The summed E-state index contributed by atoms with van der Waals surface area (Å²) in [6.07, 6.45) is 2.02. The standard InChI is InChI=1S/C19H30N5O5PS2/c1-30(25)12-10-24(11-13-30)9-4-7-22-32(28,29)18-15-16-5-2-3-6-17(16)23-19(18)21-8-14-31(20,26)27/h2-3,5-6,15,22H,4,7-14H2,1H3,(H,21,23)(H2,20,26,27). The lowest BCUT2D eigenvalue weighted by Gasteiger charge is -2.30. The molecule has 2 heterocycles. The summed E-state index contributed by atoms with van der Waals surface area (Å²) in [5, 5.41) is 8.48. The molecule has 1 aromatic carbocycles. The van der Waals surface area contributed by atoms with E-state index >= 15 is 0 Å². The molecule has 1 aliphatic rings. The van der Waals surface area contributed by atoms with Crippen LogP contribution in [0.2, 0.25) is 0 Å². The lowest BCUT2D eigenvalue weighted by atomic mass is 10.2. The van der Waals surface area contributed by atoms with Crippen LogP contribution in [0.15, 0.2) is 35.2 Å². The summed E-state index contributed by atoms with van der Waals surface area (Å²) in [5.41, 5.74) is 0.586. The number of nitrogens with two attached hydrogens (primary N) is 1. The third-order valence-corrected chi connectivity index (χ3v) is 9.92. The lowest BCUT2D eigenvalue weighted by molar-refractivity contribution is 0.292. The number of benzene rings is 1. The molecule has 1 aliphatic heterocycles. The Kier molecular flexibility index (Phi) is 7.95. The monoisotopic (exact) mass is 503 g/mol. The number of pyridine rings is 1. The number of hydrogen-bond acceptors (Lipinski definition) is 8. The van der Waals surface area contributed by atoms with Crippen LogP contribution >= 0.6 is 7.14 Å².